The normalized spacial score (nSPS) is 11.3. The number of benzene rings is 3. The number of hydrogen-bond donors (Lipinski definition) is 2. The van der Waals surface area contributed by atoms with Gasteiger partial charge in [-0.15, -0.1) is 11.3 Å². The predicted molar refractivity (Wildman–Crippen MR) is 128 cm³/mol. The highest BCUT2D eigenvalue weighted by atomic mass is 32.2. The van der Waals surface area contributed by atoms with Crippen molar-refractivity contribution in [2.24, 2.45) is 0 Å². The second kappa shape index (κ2) is 9.44. The molecule has 4 aromatic rings. The van der Waals surface area contributed by atoms with E-state index in [2.05, 4.69) is 10.0 Å². The van der Waals surface area contributed by atoms with Crippen LogP contribution in [0.25, 0.3) is 21.8 Å². The summed E-state index contributed by atoms with van der Waals surface area (Å²) in [5.74, 6) is -0.213. The number of nitrogens with zero attached hydrogens (tertiary/aromatic N) is 1. The molecule has 6 nitrogen and oxygen atoms in total. The number of carbonyl (C=O) groups is 1. The number of nitrogens with one attached hydrogen (secondary N) is 2. The van der Waals surface area contributed by atoms with Crippen LogP contribution in [0.2, 0.25) is 0 Å². The Hall–Kier alpha value is -3.33. The third-order valence-corrected chi connectivity index (χ3v) is 7.01. The zero-order chi connectivity index (χ0) is 22.6. The summed E-state index contributed by atoms with van der Waals surface area (Å²) in [5.41, 5.74) is 4.29. The van der Waals surface area contributed by atoms with Crippen LogP contribution < -0.4 is 10.0 Å². The highest BCUT2D eigenvalue weighted by molar-refractivity contribution is 7.89. The van der Waals surface area contributed by atoms with Gasteiger partial charge in [-0.1, -0.05) is 48.5 Å². The van der Waals surface area contributed by atoms with E-state index in [1.165, 1.54) is 19.1 Å². The van der Waals surface area contributed by atoms with E-state index in [4.69, 9.17) is 4.98 Å². The molecule has 0 fully saturated rings. The summed E-state index contributed by atoms with van der Waals surface area (Å²) >= 11 is 1.55. The fraction of sp³-hybridized carbons (Fsp3) is 0.0833. The Morgan fingerprint density at radius 3 is 2.38 bits per heavy atom. The van der Waals surface area contributed by atoms with E-state index in [0.29, 0.717) is 5.69 Å². The fourth-order valence-electron chi connectivity index (χ4n) is 3.14. The van der Waals surface area contributed by atoms with Gasteiger partial charge in [-0.3, -0.25) is 4.79 Å². The van der Waals surface area contributed by atoms with Gasteiger partial charge >= 0.3 is 0 Å². The second-order valence-corrected chi connectivity index (χ2v) is 9.76. The smallest absolute Gasteiger partial charge is 0.240 e. The number of sulfonamides is 1. The Labute approximate surface area is 191 Å². The Balaban J connectivity index is 1.46. The summed E-state index contributed by atoms with van der Waals surface area (Å²) in [5, 5.41) is 5.51. The van der Waals surface area contributed by atoms with E-state index in [0.717, 1.165) is 27.4 Å². The summed E-state index contributed by atoms with van der Waals surface area (Å²) < 4.78 is 27.9. The van der Waals surface area contributed by atoms with Gasteiger partial charge in [-0.2, -0.15) is 0 Å². The molecule has 0 atom stereocenters. The molecular weight excluding hydrogens is 442 g/mol. The monoisotopic (exact) mass is 463 g/mol. The van der Waals surface area contributed by atoms with Gasteiger partial charge < -0.3 is 5.32 Å². The van der Waals surface area contributed by atoms with Crippen LogP contribution >= 0.6 is 11.3 Å². The van der Waals surface area contributed by atoms with Crippen molar-refractivity contribution < 1.29 is 13.2 Å². The lowest BCUT2D eigenvalue weighted by Gasteiger charge is -2.09. The lowest BCUT2D eigenvalue weighted by molar-refractivity contribution is -0.114. The van der Waals surface area contributed by atoms with Crippen molar-refractivity contribution in [1.82, 2.24) is 9.71 Å². The van der Waals surface area contributed by atoms with Crippen molar-refractivity contribution in [2.45, 2.75) is 18.4 Å². The van der Waals surface area contributed by atoms with E-state index >= 15 is 0 Å². The fourth-order valence-corrected chi connectivity index (χ4v) is 4.99. The molecule has 0 spiro atoms. The average Bonchev–Trinajstić information content (AvgIpc) is 3.29. The first-order valence-corrected chi connectivity index (χ1v) is 12.2. The Kier molecular flexibility index (Phi) is 6.45. The molecular formula is C24H21N3O3S2. The van der Waals surface area contributed by atoms with E-state index in [9.17, 15) is 13.2 Å². The highest BCUT2D eigenvalue weighted by Gasteiger charge is 2.14. The maximum atomic E-state index is 12.6. The third-order valence-electron chi connectivity index (χ3n) is 4.70. The van der Waals surface area contributed by atoms with Crippen LogP contribution in [0.4, 0.5) is 5.69 Å². The number of hydrogen-bond acceptors (Lipinski definition) is 5. The van der Waals surface area contributed by atoms with Gasteiger partial charge in [-0.05, 0) is 35.9 Å². The zero-order valence-electron chi connectivity index (χ0n) is 17.3. The average molecular weight is 464 g/mol. The van der Waals surface area contributed by atoms with Gasteiger partial charge in [0.15, 0.2) is 0 Å². The molecule has 8 heteroatoms. The van der Waals surface area contributed by atoms with Gasteiger partial charge in [0.2, 0.25) is 15.9 Å². The predicted octanol–water partition coefficient (Wildman–Crippen LogP) is 4.91. The van der Waals surface area contributed by atoms with Crippen molar-refractivity contribution in [1.29, 1.82) is 0 Å². The quantitative estimate of drug-likeness (QED) is 0.407. The molecule has 0 aliphatic carbocycles. The SMILES string of the molecule is CC(=O)Nc1ccc(S(=O)(=O)NCc2cccc(-c3nc(-c4ccccc4)cs3)c2)cc1. The Morgan fingerprint density at radius 2 is 1.66 bits per heavy atom. The maximum Gasteiger partial charge on any atom is 0.240 e. The first kappa shape index (κ1) is 21.9. The largest absolute Gasteiger partial charge is 0.326 e. The lowest BCUT2D eigenvalue weighted by Crippen LogP contribution is -2.23. The number of anilines is 1. The van der Waals surface area contributed by atoms with Crippen LogP contribution in [0.1, 0.15) is 12.5 Å². The molecule has 32 heavy (non-hydrogen) atoms. The van der Waals surface area contributed by atoms with E-state index < -0.39 is 10.0 Å². The summed E-state index contributed by atoms with van der Waals surface area (Å²) in [7, 11) is -3.69. The minimum Gasteiger partial charge on any atom is -0.326 e. The van der Waals surface area contributed by atoms with Crippen LogP contribution in [-0.2, 0) is 21.4 Å². The second-order valence-electron chi connectivity index (χ2n) is 7.13. The van der Waals surface area contributed by atoms with Gasteiger partial charge in [0.05, 0.1) is 10.6 Å². The molecule has 3 aromatic carbocycles. The molecule has 0 aliphatic rings. The molecule has 0 aliphatic heterocycles. The Bertz CT molecular complexity index is 1330. The molecule has 2 N–H and O–H groups in total. The third kappa shape index (κ3) is 5.28. The molecule has 0 unspecified atom stereocenters. The molecule has 0 bridgehead atoms. The first-order chi connectivity index (χ1) is 15.4. The van der Waals surface area contributed by atoms with E-state index in [1.54, 1.807) is 23.5 Å². The first-order valence-electron chi connectivity index (χ1n) is 9.88. The van der Waals surface area contributed by atoms with Crippen molar-refractivity contribution >= 4 is 33.0 Å². The molecule has 1 aromatic heterocycles. The molecule has 0 saturated carbocycles. The van der Waals surface area contributed by atoms with Crippen molar-refractivity contribution in [3.8, 4) is 21.8 Å². The van der Waals surface area contributed by atoms with Crippen LogP contribution in [-0.4, -0.2) is 19.3 Å². The number of carbonyl (C=O) groups excluding carboxylic acids is 1. The summed E-state index contributed by atoms with van der Waals surface area (Å²) in [6.07, 6.45) is 0. The molecule has 4 rings (SSSR count). The summed E-state index contributed by atoms with van der Waals surface area (Å²) in [6, 6.07) is 23.7. The van der Waals surface area contributed by atoms with Crippen molar-refractivity contribution in [2.75, 3.05) is 5.32 Å². The van der Waals surface area contributed by atoms with Gasteiger partial charge in [0.1, 0.15) is 5.01 Å². The standard InChI is InChI=1S/C24H21N3O3S2/c1-17(28)26-21-10-12-22(13-11-21)32(29,30)25-15-18-6-5-9-20(14-18)24-27-23(16-31-24)19-7-3-2-4-8-19/h2-14,16,25H,15H2,1H3,(H,26,28). The molecule has 162 valence electrons. The maximum absolute atomic E-state index is 12.6. The zero-order valence-corrected chi connectivity index (χ0v) is 18.9. The number of thiazole rings is 1. The molecule has 1 amide bonds. The lowest BCUT2D eigenvalue weighted by atomic mass is 10.1. The minimum atomic E-state index is -3.69. The van der Waals surface area contributed by atoms with Crippen LogP contribution in [0.3, 0.4) is 0 Å². The summed E-state index contributed by atoms with van der Waals surface area (Å²) in [6.45, 7) is 1.55. The topological polar surface area (TPSA) is 88.2 Å². The number of amides is 1. The van der Waals surface area contributed by atoms with Gasteiger partial charge in [0, 0.05) is 35.7 Å². The van der Waals surface area contributed by atoms with Crippen molar-refractivity contribution in [3.05, 3.63) is 89.8 Å². The Morgan fingerprint density at radius 1 is 0.938 bits per heavy atom. The summed E-state index contributed by atoms with van der Waals surface area (Å²) in [4.78, 5) is 16.0. The minimum absolute atomic E-state index is 0.134. The van der Waals surface area contributed by atoms with Gasteiger partial charge in [0.25, 0.3) is 0 Å². The van der Waals surface area contributed by atoms with Gasteiger partial charge in [-0.25, -0.2) is 18.1 Å². The number of aromatic nitrogens is 1. The van der Waals surface area contributed by atoms with Crippen LogP contribution in [0, 0.1) is 0 Å². The van der Waals surface area contributed by atoms with E-state index in [-0.39, 0.29) is 17.3 Å². The highest BCUT2D eigenvalue weighted by Crippen LogP contribution is 2.29. The van der Waals surface area contributed by atoms with Crippen LogP contribution in [0.15, 0.2) is 89.1 Å². The molecule has 1 heterocycles. The number of rotatable bonds is 7. The molecule has 0 radical (unpaired) electrons. The molecule has 0 saturated heterocycles. The van der Waals surface area contributed by atoms with Crippen LogP contribution in [0.5, 0.6) is 0 Å². The van der Waals surface area contributed by atoms with E-state index in [1.807, 2.05) is 60.0 Å². The van der Waals surface area contributed by atoms with Crippen molar-refractivity contribution in [3.63, 3.8) is 0 Å².